The lowest BCUT2D eigenvalue weighted by atomic mass is 10.0. The zero-order chi connectivity index (χ0) is 12.5. The molecule has 5 heteroatoms. The molecule has 0 saturated carbocycles. The van der Waals surface area contributed by atoms with Crippen LogP contribution in [0.2, 0.25) is 0 Å². The van der Waals surface area contributed by atoms with Crippen molar-refractivity contribution in [2.75, 3.05) is 24.7 Å². The summed E-state index contributed by atoms with van der Waals surface area (Å²) in [4.78, 5) is 6.40. The van der Waals surface area contributed by atoms with Gasteiger partial charge < -0.3 is 15.4 Å². The lowest BCUT2D eigenvalue weighted by Crippen LogP contribution is -2.53. The van der Waals surface area contributed by atoms with E-state index in [1.165, 1.54) is 0 Å². The van der Waals surface area contributed by atoms with Crippen molar-refractivity contribution in [3.05, 3.63) is 24.0 Å². The SMILES string of the molecule is CC1(C)COCCN1c1cccnc1C(=N)N. The van der Waals surface area contributed by atoms with Crippen LogP contribution in [0.4, 0.5) is 5.69 Å². The minimum Gasteiger partial charge on any atom is -0.382 e. The van der Waals surface area contributed by atoms with Crippen molar-refractivity contribution in [1.82, 2.24) is 4.98 Å². The molecule has 2 rings (SSSR count). The maximum atomic E-state index is 7.58. The Morgan fingerprint density at radius 3 is 3.00 bits per heavy atom. The number of nitrogens with zero attached hydrogens (tertiary/aromatic N) is 2. The molecule has 5 nitrogen and oxygen atoms in total. The van der Waals surface area contributed by atoms with Crippen molar-refractivity contribution in [2.45, 2.75) is 19.4 Å². The maximum absolute atomic E-state index is 7.58. The average molecular weight is 234 g/mol. The predicted molar refractivity (Wildman–Crippen MR) is 67.5 cm³/mol. The van der Waals surface area contributed by atoms with Crippen molar-refractivity contribution < 1.29 is 4.74 Å². The van der Waals surface area contributed by atoms with Gasteiger partial charge in [-0.3, -0.25) is 10.4 Å². The molecule has 0 aliphatic carbocycles. The Morgan fingerprint density at radius 2 is 2.35 bits per heavy atom. The molecular weight excluding hydrogens is 216 g/mol. The molecule has 1 aromatic rings. The number of amidine groups is 1. The second kappa shape index (κ2) is 4.33. The first-order valence-electron chi connectivity index (χ1n) is 5.67. The molecule has 1 aromatic heterocycles. The van der Waals surface area contributed by atoms with Crippen molar-refractivity contribution in [2.24, 2.45) is 5.73 Å². The lowest BCUT2D eigenvalue weighted by molar-refractivity contribution is 0.0643. The zero-order valence-electron chi connectivity index (χ0n) is 10.2. The maximum Gasteiger partial charge on any atom is 0.143 e. The van der Waals surface area contributed by atoms with Crippen LogP contribution in [-0.4, -0.2) is 36.1 Å². The van der Waals surface area contributed by atoms with Gasteiger partial charge in [0.05, 0.1) is 24.4 Å². The van der Waals surface area contributed by atoms with Gasteiger partial charge in [0.25, 0.3) is 0 Å². The Bertz CT molecular complexity index is 430. The molecule has 0 spiro atoms. The fourth-order valence-corrected chi connectivity index (χ4v) is 2.13. The Hall–Kier alpha value is -1.62. The third-order valence-corrected chi connectivity index (χ3v) is 2.98. The summed E-state index contributed by atoms with van der Waals surface area (Å²) >= 11 is 0. The molecule has 1 aliphatic heterocycles. The van der Waals surface area contributed by atoms with Gasteiger partial charge in [-0.05, 0) is 26.0 Å². The molecule has 17 heavy (non-hydrogen) atoms. The Balaban J connectivity index is 2.42. The average Bonchev–Trinajstić information content (AvgIpc) is 2.28. The topological polar surface area (TPSA) is 75.2 Å². The number of hydrogen-bond donors (Lipinski definition) is 2. The van der Waals surface area contributed by atoms with Crippen LogP contribution in [0.3, 0.4) is 0 Å². The van der Waals surface area contributed by atoms with Crippen molar-refractivity contribution in [1.29, 1.82) is 5.41 Å². The molecule has 0 aromatic carbocycles. The summed E-state index contributed by atoms with van der Waals surface area (Å²) in [6.45, 7) is 6.38. The van der Waals surface area contributed by atoms with Gasteiger partial charge in [0.2, 0.25) is 0 Å². The summed E-state index contributed by atoms with van der Waals surface area (Å²) < 4.78 is 5.49. The summed E-state index contributed by atoms with van der Waals surface area (Å²) in [6, 6.07) is 3.82. The van der Waals surface area contributed by atoms with Gasteiger partial charge >= 0.3 is 0 Å². The van der Waals surface area contributed by atoms with Gasteiger partial charge in [0, 0.05) is 12.7 Å². The van der Waals surface area contributed by atoms with E-state index in [-0.39, 0.29) is 11.4 Å². The minimum atomic E-state index is -0.106. The first-order valence-corrected chi connectivity index (χ1v) is 5.67. The summed E-state index contributed by atoms with van der Waals surface area (Å²) in [5.41, 5.74) is 6.92. The van der Waals surface area contributed by atoms with Crippen LogP contribution >= 0.6 is 0 Å². The summed E-state index contributed by atoms with van der Waals surface area (Å²) in [7, 11) is 0. The van der Waals surface area contributed by atoms with E-state index >= 15 is 0 Å². The van der Waals surface area contributed by atoms with Crippen LogP contribution in [0.15, 0.2) is 18.3 Å². The van der Waals surface area contributed by atoms with Gasteiger partial charge in [0.1, 0.15) is 11.5 Å². The van der Waals surface area contributed by atoms with E-state index < -0.39 is 0 Å². The molecule has 3 N–H and O–H groups in total. The predicted octanol–water partition coefficient (Wildman–Crippen LogP) is 0.981. The number of hydrogen-bond acceptors (Lipinski definition) is 4. The van der Waals surface area contributed by atoms with E-state index in [9.17, 15) is 0 Å². The highest BCUT2D eigenvalue weighted by molar-refractivity contribution is 5.98. The molecule has 1 fully saturated rings. The normalized spacial score (nSPS) is 19.1. The molecule has 1 aliphatic rings. The summed E-state index contributed by atoms with van der Waals surface area (Å²) in [5, 5.41) is 7.58. The van der Waals surface area contributed by atoms with E-state index in [1.54, 1.807) is 6.20 Å². The first-order chi connectivity index (χ1) is 8.02. The lowest BCUT2D eigenvalue weighted by Gasteiger charge is -2.44. The number of anilines is 1. The fourth-order valence-electron chi connectivity index (χ4n) is 2.13. The third kappa shape index (κ3) is 2.24. The quantitative estimate of drug-likeness (QED) is 0.591. The van der Waals surface area contributed by atoms with Gasteiger partial charge in [-0.25, -0.2) is 0 Å². The number of ether oxygens (including phenoxy) is 1. The van der Waals surface area contributed by atoms with Gasteiger partial charge in [-0.15, -0.1) is 0 Å². The number of nitrogen functional groups attached to an aromatic ring is 1. The smallest absolute Gasteiger partial charge is 0.143 e. The molecule has 0 amide bonds. The number of aromatic nitrogens is 1. The highest BCUT2D eigenvalue weighted by Crippen LogP contribution is 2.28. The van der Waals surface area contributed by atoms with Crippen LogP contribution in [0.1, 0.15) is 19.5 Å². The highest BCUT2D eigenvalue weighted by Gasteiger charge is 2.32. The molecule has 0 unspecified atom stereocenters. The monoisotopic (exact) mass is 234 g/mol. The summed E-state index contributed by atoms with van der Waals surface area (Å²) in [6.07, 6.45) is 1.66. The number of nitrogens with two attached hydrogens (primary N) is 1. The molecule has 2 heterocycles. The Labute approximate surface area is 101 Å². The van der Waals surface area contributed by atoms with Crippen molar-refractivity contribution in [3.63, 3.8) is 0 Å². The first kappa shape index (κ1) is 11.9. The second-order valence-electron chi connectivity index (χ2n) is 4.80. The van der Waals surface area contributed by atoms with Crippen LogP contribution < -0.4 is 10.6 Å². The van der Waals surface area contributed by atoms with Crippen LogP contribution in [0, 0.1) is 5.41 Å². The van der Waals surface area contributed by atoms with Crippen LogP contribution in [0.25, 0.3) is 0 Å². The van der Waals surface area contributed by atoms with Crippen LogP contribution in [0.5, 0.6) is 0 Å². The van der Waals surface area contributed by atoms with E-state index in [4.69, 9.17) is 15.9 Å². The number of pyridine rings is 1. The third-order valence-electron chi connectivity index (χ3n) is 2.98. The number of morpholine rings is 1. The molecule has 0 atom stereocenters. The highest BCUT2D eigenvalue weighted by atomic mass is 16.5. The largest absolute Gasteiger partial charge is 0.382 e. The van der Waals surface area contributed by atoms with Crippen LogP contribution in [-0.2, 0) is 4.74 Å². The van der Waals surface area contributed by atoms with Crippen molar-refractivity contribution in [3.8, 4) is 0 Å². The summed E-state index contributed by atoms with van der Waals surface area (Å²) in [5.74, 6) is 0.00268. The van der Waals surface area contributed by atoms with E-state index in [2.05, 4.69) is 23.7 Å². The second-order valence-corrected chi connectivity index (χ2v) is 4.80. The number of rotatable bonds is 2. The van der Waals surface area contributed by atoms with E-state index in [1.807, 2.05) is 12.1 Å². The van der Waals surface area contributed by atoms with E-state index in [0.717, 1.165) is 12.2 Å². The Kier molecular flexibility index (Phi) is 3.02. The zero-order valence-corrected chi connectivity index (χ0v) is 10.2. The van der Waals surface area contributed by atoms with Gasteiger partial charge in [-0.2, -0.15) is 0 Å². The van der Waals surface area contributed by atoms with Gasteiger partial charge in [-0.1, -0.05) is 0 Å². The van der Waals surface area contributed by atoms with E-state index in [0.29, 0.717) is 18.9 Å². The van der Waals surface area contributed by atoms with Crippen molar-refractivity contribution >= 4 is 11.5 Å². The molecule has 92 valence electrons. The van der Waals surface area contributed by atoms with Gasteiger partial charge in [0.15, 0.2) is 0 Å². The molecule has 1 saturated heterocycles. The molecule has 0 radical (unpaired) electrons. The minimum absolute atomic E-state index is 0.00268. The number of nitrogens with one attached hydrogen (secondary N) is 1. The standard InChI is InChI=1S/C12H18N4O/c1-12(2)8-17-7-6-16(12)9-4-3-5-15-10(9)11(13)14/h3-5H,6-8H2,1-2H3,(H3,13,14). The molecule has 0 bridgehead atoms. The fraction of sp³-hybridized carbons (Fsp3) is 0.500. The molecular formula is C12H18N4O. The Morgan fingerprint density at radius 1 is 1.59 bits per heavy atom.